The van der Waals surface area contributed by atoms with Gasteiger partial charge in [-0.15, -0.1) is 13.2 Å². The molecule has 5 heteroatoms. The van der Waals surface area contributed by atoms with Gasteiger partial charge in [0.15, 0.2) is 0 Å². The maximum Gasteiger partial charge on any atom is 0.573 e. The van der Waals surface area contributed by atoms with E-state index in [1.807, 2.05) is 0 Å². The summed E-state index contributed by atoms with van der Waals surface area (Å²) in [4.78, 5) is 0. The van der Waals surface area contributed by atoms with Gasteiger partial charge in [-0.3, -0.25) is 0 Å². The largest absolute Gasteiger partial charge is 0.573 e. The van der Waals surface area contributed by atoms with Gasteiger partial charge in [-0.25, -0.2) is 0 Å². The smallest absolute Gasteiger partial charge is 0.405 e. The second-order valence-electron chi connectivity index (χ2n) is 2.79. The molecule has 0 aliphatic rings. The Morgan fingerprint density at radius 3 is 2.50 bits per heavy atom. The topological polar surface area (TPSA) is 9.23 Å². The number of hydrogen-bond acceptors (Lipinski definition) is 1. The molecule has 0 spiro atoms. The summed E-state index contributed by atoms with van der Waals surface area (Å²) in [5.74, 6) is -0.144. The molecule has 0 unspecified atom stereocenters. The third kappa shape index (κ3) is 3.21. The second-order valence-corrected chi connectivity index (χ2v) is 3.35. The maximum absolute atomic E-state index is 12.0. The van der Waals surface area contributed by atoms with Crippen LogP contribution in [-0.4, -0.2) is 6.36 Å². The zero-order valence-electron chi connectivity index (χ0n) is 7.36. The SMILES string of the molecule is Cc1ccc(CBr)c(OC(F)(F)F)c1. The van der Waals surface area contributed by atoms with Gasteiger partial charge in [-0.1, -0.05) is 28.1 Å². The van der Waals surface area contributed by atoms with E-state index in [0.717, 1.165) is 5.56 Å². The van der Waals surface area contributed by atoms with Gasteiger partial charge < -0.3 is 4.74 Å². The molecule has 78 valence electrons. The minimum absolute atomic E-state index is 0.144. The van der Waals surface area contributed by atoms with E-state index in [-0.39, 0.29) is 5.75 Å². The van der Waals surface area contributed by atoms with Gasteiger partial charge in [0.1, 0.15) is 5.75 Å². The van der Waals surface area contributed by atoms with E-state index in [0.29, 0.717) is 10.9 Å². The van der Waals surface area contributed by atoms with Crippen LogP contribution in [0.3, 0.4) is 0 Å². The molecular formula is C9H8BrF3O. The highest BCUT2D eigenvalue weighted by atomic mass is 79.9. The summed E-state index contributed by atoms with van der Waals surface area (Å²) in [6.07, 6.45) is -4.63. The summed E-state index contributed by atoms with van der Waals surface area (Å²) in [7, 11) is 0. The lowest BCUT2D eigenvalue weighted by molar-refractivity contribution is -0.274. The Morgan fingerprint density at radius 1 is 1.36 bits per heavy atom. The molecule has 0 amide bonds. The monoisotopic (exact) mass is 268 g/mol. The van der Waals surface area contributed by atoms with Crippen molar-refractivity contribution in [2.45, 2.75) is 18.6 Å². The number of aryl methyl sites for hydroxylation is 1. The van der Waals surface area contributed by atoms with Gasteiger partial charge in [-0.05, 0) is 18.6 Å². The molecule has 1 aromatic carbocycles. The first-order valence-corrected chi connectivity index (χ1v) is 4.96. The van der Waals surface area contributed by atoms with E-state index in [4.69, 9.17) is 0 Å². The molecule has 0 fully saturated rings. The molecule has 0 atom stereocenters. The summed E-state index contributed by atoms with van der Waals surface area (Å²) >= 11 is 3.09. The molecule has 0 aliphatic heterocycles. The molecule has 0 saturated carbocycles. The minimum Gasteiger partial charge on any atom is -0.405 e. The average Bonchev–Trinajstić information content (AvgIpc) is 2.01. The molecule has 1 rings (SSSR count). The Bertz CT molecular complexity index is 322. The van der Waals surface area contributed by atoms with Crippen molar-refractivity contribution in [1.82, 2.24) is 0 Å². The van der Waals surface area contributed by atoms with Crippen molar-refractivity contribution in [3.05, 3.63) is 29.3 Å². The number of hydrogen-bond donors (Lipinski definition) is 0. The van der Waals surface area contributed by atoms with Crippen LogP contribution < -0.4 is 4.74 Å². The van der Waals surface area contributed by atoms with E-state index in [1.54, 1.807) is 19.1 Å². The zero-order chi connectivity index (χ0) is 10.8. The molecule has 0 aliphatic carbocycles. The third-order valence-electron chi connectivity index (χ3n) is 1.59. The van der Waals surface area contributed by atoms with E-state index in [1.165, 1.54) is 6.07 Å². The Balaban J connectivity index is 2.99. The summed E-state index contributed by atoms with van der Waals surface area (Å²) in [5.41, 5.74) is 1.21. The van der Waals surface area contributed by atoms with E-state index < -0.39 is 6.36 Å². The van der Waals surface area contributed by atoms with Crippen LogP contribution in [0.4, 0.5) is 13.2 Å². The maximum atomic E-state index is 12.0. The fourth-order valence-electron chi connectivity index (χ4n) is 0.992. The highest BCUT2D eigenvalue weighted by Crippen LogP contribution is 2.28. The Kier molecular flexibility index (Phi) is 3.42. The van der Waals surface area contributed by atoms with Gasteiger partial charge in [-0.2, -0.15) is 0 Å². The fourth-order valence-corrected chi connectivity index (χ4v) is 1.46. The molecule has 0 radical (unpaired) electrons. The average molecular weight is 269 g/mol. The van der Waals surface area contributed by atoms with Gasteiger partial charge in [0.2, 0.25) is 0 Å². The van der Waals surface area contributed by atoms with Crippen molar-refractivity contribution in [3.63, 3.8) is 0 Å². The van der Waals surface area contributed by atoms with Crippen LogP contribution in [0.15, 0.2) is 18.2 Å². The molecule has 1 aromatic rings. The van der Waals surface area contributed by atoms with Crippen LogP contribution in [0.1, 0.15) is 11.1 Å². The van der Waals surface area contributed by atoms with Crippen molar-refractivity contribution in [1.29, 1.82) is 0 Å². The van der Waals surface area contributed by atoms with E-state index >= 15 is 0 Å². The second kappa shape index (κ2) is 4.21. The van der Waals surface area contributed by atoms with Crippen LogP contribution in [0.5, 0.6) is 5.75 Å². The normalized spacial score (nSPS) is 11.5. The van der Waals surface area contributed by atoms with Gasteiger partial charge in [0.25, 0.3) is 0 Å². The molecule has 0 saturated heterocycles. The van der Waals surface area contributed by atoms with Crippen molar-refractivity contribution in [2.75, 3.05) is 0 Å². The lowest BCUT2D eigenvalue weighted by Gasteiger charge is -2.12. The Hall–Kier alpha value is -0.710. The summed E-state index contributed by atoms with van der Waals surface area (Å²) in [6, 6.07) is 4.70. The molecule has 0 heterocycles. The van der Waals surface area contributed by atoms with E-state index in [2.05, 4.69) is 20.7 Å². The molecule has 1 nitrogen and oxygen atoms in total. The number of benzene rings is 1. The number of rotatable bonds is 2. The zero-order valence-corrected chi connectivity index (χ0v) is 8.95. The quantitative estimate of drug-likeness (QED) is 0.742. The van der Waals surface area contributed by atoms with Gasteiger partial charge in [0, 0.05) is 10.9 Å². The van der Waals surface area contributed by atoms with Crippen LogP contribution in [0, 0.1) is 6.92 Å². The highest BCUT2D eigenvalue weighted by Gasteiger charge is 2.31. The van der Waals surface area contributed by atoms with Crippen molar-refractivity contribution < 1.29 is 17.9 Å². The Labute approximate surface area is 88.0 Å². The first-order valence-electron chi connectivity index (χ1n) is 3.83. The van der Waals surface area contributed by atoms with Crippen molar-refractivity contribution >= 4 is 15.9 Å². The Morgan fingerprint density at radius 2 is 2.00 bits per heavy atom. The lowest BCUT2D eigenvalue weighted by atomic mass is 10.1. The van der Waals surface area contributed by atoms with Gasteiger partial charge >= 0.3 is 6.36 Å². The fraction of sp³-hybridized carbons (Fsp3) is 0.333. The molecule has 0 bridgehead atoms. The molecule has 0 N–H and O–H groups in total. The van der Waals surface area contributed by atoms with Crippen LogP contribution in [-0.2, 0) is 5.33 Å². The van der Waals surface area contributed by atoms with Crippen molar-refractivity contribution in [3.8, 4) is 5.75 Å². The molecule has 0 aromatic heterocycles. The number of ether oxygens (including phenoxy) is 1. The highest BCUT2D eigenvalue weighted by molar-refractivity contribution is 9.08. The summed E-state index contributed by atoms with van der Waals surface area (Å²) in [6.45, 7) is 1.71. The standard InChI is InChI=1S/C9H8BrF3O/c1-6-2-3-7(5-10)8(4-6)14-9(11,12)13/h2-4H,5H2,1H3. The van der Waals surface area contributed by atoms with Crippen LogP contribution in [0.2, 0.25) is 0 Å². The van der Waals surface area contributed by atoms with Gasteiger partial charge in [0.05, 0.1) is 0 Å². The first-order chi connectivity index (χ1) is 6.42. The summed E-state index contributed by atoms with van der Waals surface area (Å²) in [5, 5.41) is 0.332. The summed E-state index contributed by atoms with van der Waals surface area (Å²) < 4.78 is 39.7. The lowest BCUT2D eigenvalue weighted by Crippen LogP contribution is -2.18. The van der Waals surface area contributed by atoms with Crippen LogP contribution in [0.25, 0.3) is 0 Å². The van der Waals surface area contributed by atoms with E-state index in [9.17, 15) is 13.2 Å². The minimum atomic E-state index is -4.63. The number of halogens is 4. The van der Waals surface area contributed by atoms with Crippen LogP contribution >= 0.6 is 15.9 Å². The number of alkyl halides is 4. The molecule has 14 heavy (non-hydrogen) atoms. The first kappa shape index (κ1) is 11.4. The predicted octanol–water partition coefficient (Wildman–Crippen LogP) is 3.79. The van der Waals surface area contributed by atoms with Crippen molar-refractivity contribution in [2.24, 2.45) is 0 Å². The predicted molar refractivity (Wildman–Crippen MR) is 50.5 cm³/mol. The molecular weight excluding hydrogens is 261 g/mol. The third-order valence-corrected chi connectivity index (χ3v) is 2.20.